The van der Waals surface area contributed by atoms with Crippen molar-refractivity contribution in [3.05, 3.63) is 171 Å². The molecular weight excluding hydrogens is 991 g/mol. The molecule has 3 aliphatic carbocycles. The van der Waals surface area contributed by atoms with Gasteiger partial charge in [-0.2, -0.15) is 0 Å². The third kappa shape index (κ3) is 12.9. The summed E-state index contributed by atoms with van der Waals surface area (Å²) >= 11 is 0. The van der Waals surface area contributed by atoms with Crippen LogP contribution in [-0.2, 0) is 40.1 Å². The number of rotatable bonds is 14. The van der Waals surface area contributed by atoms with Gasteiger partial charge in [-0.25, -0.2) is 0 Å². The third-order valence-electron chi connectivity index (χ3n) is 16.9. The monoisotopic (exact) mass is 1070 g/mol. The van der Waals surface area contributed by atoms with Gasteiger partial charge in [0.15, 0.2) is 23.7 Å². The highest BCUT2D eigenvalue weighted by Gasteiger charge is 2.34. The van der Waals surface area contributed by atoms with E-state index in [1.807, 2.05) is 60.7 Å². The number of guanidine groups is 1. The number of carbonyl (C=O) groups excluding carboxylic acids is 1. The van der Waals surface area contributed by atoms with E-state index in [4.69, 9.17) is 24.7 Å². The first-order valence-corrected chi connectivity index (χ1v) is 28.4. The van der Waals surface area contributed by atoms with Crippen molar-refractivity contribution >= 4 is 34.3 Å². The Morgan fingerprint density at radius 1 is 0.937 bits per heavy atom. The van der Waals surface area contributed by atoms with Crippen molar-refractivity contribution in [2.45, 2.75) is 127 Å². The summed E-state index contributed by atoms with van der Waals surface area (Å²) in [6, 6.07) is 25.8. The third-order valence-corrected chi connectivity index (χ3v) is 16.9. The number of carbonyl (C=O) groups is 1. The SMILES string of the molecule is CN=C(N)Nc1cccc(CCCC[C@H]2C=C3/C=C/[C@H](c4cccc(CCOCC5CCCC5)c4)[C@@H]4C#CO[C@H](CC(=O)CCc5ccc(OC)c(c5)OCc5c(C(O)O)cc6c4c(O)cc4c6c5C=C[C@H]4C)C[C@H]2C=C3O)c1. The highest BCUT2D eigenvalue weighted by Crippen LogP contribution is 2.49. The van der Waals surface area contributed by atoms with Crippen LogP contribution in [0.15, 0.2) is 126 Å². The predicted octanol–water partition coefficient (Wildman–Crippen LogP) is 12.5. The molecule has 10 bridgehead atoms. The Morgan fingerprint density at radius 2 is 1.76 bits per heavy atom. The first-order chi connectivity index (χ1) is 38.4. The molecule has 0 unspecified atom stereocenters. The van der Waals surface area contributed by atoms with E-state index in [1.54, 1.807) is 20.2 Å². The van der Waals surface area contributed by atoms with E-state index in [0.717, 1.165) is 71.2 Å². The van der Waals surface area contributed by atoms with Crippen molar-refractivity contribution in [2.24, 2.45) is 28.5 Å². The second kappa shape index (κ2) is 25.2. The quantitative estimate of drug-likeness (QED) is 0.0204. The fraction of sp³-hybridized carbons (Fsp3) is 0.403. The summed E-state index contributed by atoms with van der Waals surface area (Å²) in [5.74, 6) is 3.99. The Hall–Kier alpha value is -7.30. The van der Waals surface area contributed by atoms with Crippen LogP contribution in [0.3, 0.4) is 0 Å². The van der Waals surface area contributed by atoms with Crippen molar-refractivity contribution in [1.29, 1.82) is 0 Å². The van der Waals surface area contributed by atoms with Gasteiger partial charge in [0, 0.05) is 66.3 Å². The van der Waals surface area contributed by atoms with E-state index in [0.29, 0.717) is 71.3 Å². The second-order valence-corrected chi connectivity index (χ2v) is 22.2. The number of hydrogen-bond acceptors (Lipinski definition) is 10. The number of ether oxygens (including phenoxy) is 4. The molecule has 7 N–H and O–H groups in total. The second-order valence-electron chi connectivity index (χ2n) is 22.2. The summed E-state index contributed by atoms with van der Waals surface area (Å²) in [7, 11) is 3.23. The van der Waals surface area contributed by atoms with Crippen molar-refractivity contribution in [3.63, 3.8) is 0 Å². The number of benzene rings is 5. The Kier molecular flexibility index (Phi) is 17.6. The Bertz CT molecular complexity index is 3260. The van der Waals surface area contributed by atoms with Gasteiger partial charge in [0.05, 0.1) is 19.6 Å². The number of methoxy groups -OCH3 is 1. The average molecular weight is 1070 g/mol. The number of aromatic hydroxyl groups is 1. The molecule has 0 amide bonds. The van der Waals surface area contributed by atoms with Gasteiger partial charge in [-0.1, -0.05) is 105 Å². The van der Waals surface area contributed by atoms with Crippen LogP contribution in [0.25, 0.3) is 16.8 Å². The Labute approximate surface area is 464 Å². The topological polar surface area (TPSA) is 185 Å². The number of phenols is 1. The zero-order valence-electron chi connectivity index (χ0n) is 45.8. The molecule has 79 heavy (non-hydrogen) atoms. The lowest BCUT2D eigenvalue weighted by Gasteiger charge is -2.30. The number of phenolic OH excluding ortho intramolecular Hbond substituents is 1. The Balaban J connectivity index is 1.10. The molecule has 5 aromatic rings. The standard InChI is InChI=1S/C67H75N3O9/c1-41-18-23-54-59-40-79-63-32-44(20-25-62(63)76-3)19-22-51(71)36-52-34-49-35-60(72)48(33-46(49)15-7-6-10-42-14-9-17-50(31-42)70-67(68)69-2)21-24-53(47-16-8-13-43(30-47)26-28-77-39-45-11-4-5-12-45)55(27-29-78-52)65-58(37-57(59)66(74)75)64(54)56(41)38-61(65)73/h8-9,13-14,16-18,20-21,23-25,30-33,35,37-38,41,45-46,49,52-53,55,66,72-75H,4-7,10-12,15,19,22,26,28,34,36,39-40H2,1-3H3,(H3,68,69,70)/b24-21+/t41-,46+,49+,52+,53-,55+/m1/s1. The maximum absolute atomic E-state index is 14.3. The number of unbranched alkanes of at least 4 members (excludes halogenated alkanes) is 1. The molecule has 0 saturated heterocycles. The summed E-state index contributed by atoms with van der Waals surface area (Å²) in [6.45, 7) is 3.39. The number of nitrogens with zero attached hydrogens (tertiary/aromatic N) is 1. The summed E-state index contributed by atoms with van der Waals surface area (Å²) < 4.78 is 25.3. The average Bonchev–Trinajstić information content (AvgIpc) is 4.02. The number of hydrogen-bond donors (Lipinski definition) is 6. The van der Waals surface area contributed by atoms with Gasteiger partial charge in [0.1, 0.15) is 36.1 Å². The normalized spacial score (nSPS) is 22.7. The van der Waals surface area contributed by atoms with E-state index in [9.17, 15) is 25.2 Å². The summed E-state index contributed by atoms with van der Waals surface area (Å²) in [5.41, 5.74) is 14.5. The minimum absolute atomic E-state index is 0.000474. The number of fused-ring (bicyclic) bond motifs is 7. The number of ketones is 1. The number of Topliss-reactive ketones (excluding diaryl/α,β-unsaturated/α-hetero) is 1. The molecule has 0 radical (unpaired) electrons. The van der Waals surface area contributed by atoms with Crippen molar-refractivity contribution in [1.82, 2.24) is 0 Å². The summed E-state index contributed by atoms with van der Waals surface area (Å²) in [6.07, 6.45) is 23.2. The van der Waals surface area contributed by atoms with E-state index in [-0.39, 0.29) is 60.1 Å². The van der Waals surface area contributed by atoms with Gasteiger partial charge in [-0.05, 0) is 156 Å². The number of aryl methyl sites for hydroxylation is 2. The molecule has 412 valence electrons. The minimum atomic E-state index is -1.91. The number of aliphatic hydroxyl groups is 3. The zero-order chi connectivity index (χ0) is 55.0. The number of aliphatic hydroxyl groups excluding tert-OH is 2. The molecule has 4 aliphatic heterocycles. The minimum Gasteiger partial charge on any atom is -0.508 e. The molecule has 0 spiro atoms. The van der Waals surface area contributed by atoms with Crippen molar-refractivity contribution in [2.75, 3.05) is 32.7 Å². The van der Waals surface area contributed by atoms with Gasteiger partial charge in [0.2, 0.25) is 0 Å². The van der Waals surface area contributed by atoms with Gasteiger partial charge in [-0.15, -0.1) is 0 Å². The van der Waals surface area contributed by atoms with E-state index < -0.39 is 24.2 Å². The molecule has 4 heterocycles. The molecule has 6 atom stereocenters. The van der Waals surface area contributed by atoms with E-state index in [2.05, 4.69) is 77.8 Å². The van der Waals surface area contributed by atoms with E-state index >= 15 is 0 Å². The molecular formula is C67H75N3O9. The first-order valence-electron chi connectivity index (χ1n) is 28.4. The number of allylic oxidation sites excluding steroid dienone is 5. The fourth-order valence-corrected chi connectivity index (χ4v) is 12.6. The number of anilines is 1. The maximum Gasteiger partial charge on any atom is 0.192 e. The van der Waals surface area contributed by atoms with Crippen LogP contribution in [0.1, 0.15) is 145 Å². The van der Waals surface area contributed by atoms with Crippen LogP contribution in [0, 0.1) is 29.8 Å². The molecule has 12 nitrogen and oxygen atoms in total. The lowest BCUT2D eigenvalue weighted by Crippen LogP contribution is -2.25. The van der Waals surface area contributed by atoms with Crippen LogP contribution in [0.4, 0.5) is 5.69 Å². The smallest absolute Gasteiger partial charge is 0.192 e. The van der Waals surface area contributed by atoms with Gasteiger partial charge in [-0.3, -0.25) is 9.79 Å². The molecule has 1 fully saturated rings. The summed E-state index contributed by atoms with van der Waals surface area (Å²) in [4.78, 5) is 18.3. The first kappa shape index (κ1) is 55.0. The van der Waals surface area contributed by atoms with Crippen LogP contribution >= 0.6 is 0 Å². The largest absolute Gasteiger partial charge is 0.508 e. The maximum atomic E-state index is 14.3. The van der Waals surface area contributed by atoms with Crippen LogP contribution < -0.4 is 20.5 Å². The highest BCUT2D eigenvalue weighted by molar-refractivity contribution is 6.01. The molecule has 7 aliphatic rings. The summed E-state index contributed by atoms with van der Waals surface area (Å²) in [5, 5.41) is 52.0. The van der Waals surface area contributed by atoms with Gasteiger partial charge >= 0.3 is 0 Å². The van der Waals surface area contributed by atoms with Crippen LogP contribution in [0.5, 0.6) is 17.2 Å². The predicted molar refractivity (Wildman–Crippen MR) is 311 cm³/mol. The van der Waals surface area contributed by atoms with Crippen molar-refractivity contribution in [3.8, 4) is 29.3 Å². The van der Waals surface area contributed by atoms with Gasteiger partial charge in [0.25, 0.3) is 0 Å². The zero-order valence-corrected chi connectivity index (χ0v) is 45.8. The van der Waals surface area contributed by atoms with E-state index in [1.165, 1.54) is 31.2 Å². The fourth-order valence-electron chi connectivity index (χ4n) is 12.6. The number of nitrogens with two attached hydrogens (primary N) is 1. The molecule has 5 aromatic carbocycles. The van der Waals surface area contributed by atoms with Crippen molar-refractivity contribution < 1.29 is 44.2 Å². The Morgan fingerprint density at radius 3 is 2.57 bits per heavy atom. The molecule has 1 saturated carbocycles. The lowest BCUT2D eigenvalue weighted by molar-refractivity contribution is -0.121. The molecule has 12 rings (SSSR count). The van der Waals surface area contributed by atoms with Crippen LogP contribution in [0.2, 0.25) is 0 Å². The lowest BCUT2D eigenvalue weighted by atomic mass is 9.74. The molecule has 0 aromatic heterocycles. The van der Waals surface area contributed by atoms with Gasteiger partial charge < -0.3 is 50.4 Å². The highest BCUT2D eigenvalue weighted by atomic mass is 16.5. The molecule has 12 heteroatoms. The van der Waals surface area contributed by atoms with Crippen LogP contribution in [-0.4, -0.2) is 65.6 Å². The number of aliphatic imine (C=N–C) groups is 1. The number of nitrogens with one attached hydrogen (secondary N) is 1.